The second-order valence-corrected chi connectivity index (χ2v) is 7.69. The van der Waals surface area contributed by atoms with E-state index in [-0.39, 0.29) is 16.0 Å². The van der Waals surface area contributed by atoms with Crippen LogP contribution in [0.1, 0.15) is 12.8 Å². The molecule has 2 heterocycles. The van der Waals surface area contributed by atoms with Crippen LogP contribution in [-0.4, -0.2) is 41.8 Å². The maximum Gasteiger partial charge on any atom is 0.287 e. The van der Waals surface area contributed by atoms with Crippen LogP contribution in [-0.2, 0) is 16.6 Å². The van der Waals surface area contributed by atoms with E-state index in [1.165, 1.54) is 21.4 Å². The average Bonchev–Trinajstić information content (AvgIpc) is 2.39. The van der Waals surface area contributed by atoms with Gasteiger partial charge in [0.15, 0.2) is 0 Å². The van der Waals surface area contributed by atoms with E-state index >= 15 is 0 Å². The Bertz CT molecular complexity index is 659. The molecule has 1 aliphatic heterocycles. The van der Waals surface area contributed by atoms with Crippen molar-refractivity contribution < 1.29 is 8.42 Å². The van der Waals surface area contributed by atoms with Gasteiger partial charge in [0.2, 0.25) is 10.0 Å². The molecule has 0 aliphatic carbocycles. The first-order valence-corrected chi connectivity index (χ1v) is 8.75. The maximum absolute atomic E-state index is 11.9. The number of rotatable bonds is 3. The van der Waals surface area contributed by atoms with Gasteiger partial charge in [-0.05, 0) is 18.8 Å². The first-order chi connectivity index (χ1) is 9.29. The van der Waals surface area contributed by atoms with Crippen molar-refractivity contribution in [1.82, 2.24) is 14.1 Å². The van der Waals surface area contributed by atoms with E-state index in [4.69, 9.17) is 23.2 Å². The van der Waals surface area contributed by atoms with Crippen molar-refractivity contribution in [1.29, 1.82) is 0 Å². The van der Waals surface area contributed by atoms with Crippen molar-refractivity contribution in [3.05, 3.63) is 26.6 Å². The number of nitrogens with zero attached hydrogens (tertiary/aromatic N) is 3. The summed E-state index contributed by atoms with van der Waals surface area (Å²) in [4.78, 5) is 11.9. The fourth-order valence-electron chi connectivity index (χ4n) is 2.30. The maximum atomic E-state index is 11.9. The Kier molecular flexibility index (Phi) is 4.73. The predicted molar refractivity (Wildman–Crippen MR) is 77.7 cm³/mol. The summed E-state index contributed by atoms with van der Waals surface area (Å²) >= 11 is 11.5. The molecule has 0 bridgehead atoms. The normalized spacial score (nSPS) is 21.1. The minimum absolute atomic E-state index is 0.0425. The lowest BCUT2D eigenvalue weighted by Crippen LogP contribution is -2.41. The van der Waals surface area contributed by atoms with Crippen LogP contribution in [0.25, 0.3) is 0 Å². The van der Waals surface area contributed by atoms with Gasteiger partial charge in [0.1, 0.15) is 5.02 Å². The molecule has 1 aromatic rings. The molecule has 1 unspecified atom stereocenters. The second-order valence-electron chi connectivity index (χ2n) is 4.92. The van der Waals surface area contributed by atoms with Gasteiger partial charge in [0.25, 0.3) is 5.56 Å². The lowest BCUT2D eigenvalue weighted by atomic mass is 10.00. The highest BCUT2D eigenvalue weighted by atomic mass is 35.5. The zero-order chi connectivity index (χ0) is 14.9. The summed E-state index contributed by atoms with van der Waals surface area (Å²) in [6.07, 6.45) is 4.13. The smallest absolute Gasteiger partial charge is 0.266 e. The lowest BCUT2D eigenvalue weighted by Gasteiger charge is -2.30. The highest BCUT2D eigenvalue weighted by Gasteiger charge is 2.26. The third kappa shape index (κ3) is 3.52. The van der Waals surface area contributed by atoms with Crippen LogP contribution in [0.4, 0.5) is 0 Å². The molecule has 1 saturated heterocycles. The van der Waals surface area contributed by atoms with E-state index in [0.29, 0.717) is 19.6 Å². The van der Waals surface area contributed by atoms with Gasteiger partial charge < -0.3 is 0 Å². The van der Waals surface area contributed by atoms with E-state index in [1.54, 1.807) is 0 Å². The summed E-state index contributed by atoms with van der Waals surface area (Å²) < 4.78 is 25.8. The largest absolute Gasteiger partial charge is 0.287 e. The van der Waals surface area contributed by atoms with E-state index < -0.39 is 15.6 Å². The fourth-order valence-corrected chi connectivity index (χ4v) is 3.51. The van der Waals surface area contributed by atoms with Crippen LogP contribution in [0.5, 0.6) is 0 Å². The van der Waals surface area contributed by atoms with Crippen LogP contribution in [0.15, 0.2) is 11.0 Å². The first-order valence-electron chi connectivity index (χ1n) is 6.15. The molecule has 1 atom stereocenters. The zero-order valence-electron chi connectivity index (χ0n) is 10.9. The van der Waals surface area contributed by atoms with E-state index in [1.807, 2.05) is 0 Å². The van der Waals surface area contributed by atoms with Crippen LogP contribution >= 0.6 is 23.2 Å². The van der Waals surface area contributed by atoms with E-state index in [9.17, 15) is 13.2 Å². The molecular formula is C11H15Cl2N3O3S. The summed E-state index contributed by atoms with van der Waals surface area (Å²) in [6, 6.07) is 0. The van der Waals surface area contributed by atoms with Gasteiger partial charge in [-0.2, -0.15) is 5.10 Å². The summed E-state index contributed by atoms with van der Waals surface area (Å²) in [5.74, 6) is 0.0425. The van der Waals surface area contributed by atoms with Crippen LogP contribution in [0.3, 0.4) is 0 Å². The molecule has 1 aromatic heterocycles. The molecule has 112 valence electrons. The van der Waals surface area contributed by atoms with Gasteiger partial charge in [-0.1, -0.05) is 23.2 Å². The molecule has 0 aromatic carbocycles. The Morgan fingerprint density at radius 1 is 1.45 bits per heavy atom. The number of hydrogen-bond donors (Lipinski definition) is 0. The number of sulfonamides is 1. The van der Waals surface area contributed by atoms with Crippen molar-refractivity contribution in [2.24, 2.45) is 5.92 Å². The number of aromatic nitrogens is 2. The van der Waals surface area contributed by atoms with Crippen molar-refractivity contribution in [2.45, 2.75) is 19.4 Å². The fraction of sp³-hybridized carbons (Fsp3) is 0.636. The molecule has 0 radical (unpaired) electrons. The van der Waals surface area contributed by atoms with Crippen molar-refractivity contribution in [2.75, 3.05) is 19.3 Å². The molecule has 9 heteroatoms. The molecule has 0 N–H and O–H groups in total. The third-order valence-electron chi connectivity index (χ3n) is 3.32. The molecular weight excluding hydrogens is 325 g/mol. The van der Waals surface area contributed by atoms with E-state index in [0.717, 1.165) is 12.8 Å². The summed E-state index contributed by atoms with van der Waals surface area (Å²) in [5, 5.41) is 4.00. The second kappa shape index (κ2) is 6.01. The van der Waals surface area contributed by atoms with Crippen LogP contribution in [0.2, 0.25) is 10.0 Å². The number of hydrogen-bond acceptors (Lipinski definition) is 4. The van der Waals surface area contributed by atoms with Gasteiger partial charge in [-0.25, -0.2) is 17.4 Å². The van der Waals surface area contributed by atoms with Gasteiger partial charge in [0, 0.05) is 19.6 Å². The SMILES string of the molecule is CS(=O)(=O)N1CCCC(Cn2ncc(Cl)c(Cl)c2=O)C1. The average molecular weight is 340 g/mol. The molecule has 0 saturated carbocycles. The Balaban J connectivity index is 2.15. The Hall–Kier alpha value is -0.630. The van der Waals surface area contributed by atoms with Crippen molar-refractivity contribution in [3.63, 3.8) is 0 Å². The van der Waals surface area contributed by atoms with Crippen LogP contribution < -0.4 is 5.56 Å². The van der Waals surface area contributed by atoms with Gasteiger partial charge in [-0.3, -0.25) is 4.79 Å². The van der Waals surface area contributed by atoms with E-state index in [2.05, 4.69) is 5.10 Å². The van der Waals surface area contributed by atoms with Gasteiger partial charge in [0.05, 0.1) is 17.5 Å². The molecule has 1 aliphatic rings. The van der Waals surface area contributed by atoms with Crippen molar-refractivity contribution in [3.8, 4) is 0 Å². The Morgan fingerprint density at radius 3 is 2.80 bits per heavy atom. The number of halogens is 2. The highest BCUT2D eigenvalue weighted by molar-refractivity contribution is 7.88. The first kappa shape index (κ1) is 15.8. The molecule has 1 fully saturated rings. The number of piperidine rings is 1. The topological polar surface area (TPSA) is 72.3 Å². The quantitative estimate of drug-likeness (QED) is 0.829. The molecule has 0 spiro atoms. The Morgan fingerprint density at radius 2 is 2.15 bits per heavy atom. The molecule has 2 rings (SSSR count). The summed E-state index contributed by atoms with van der Waals surface area (Å²) in [6.45, 7) is 1.26. The van der Waals surface area contributed by atoms with Crippen LogP contribution in [0, 0.1) is 5.92 Å². The summed E-state index contributed by atoms with van der Waals surface area (Å²) in [5.41, 5.74) is -0.448. The third-order valence-corrected chi connectivity index (χ3v) is 5.34. The zero-order valence-corrected chi connectivity index (χ0v) is 13.2. The van der Waals surface area contributed by atoms with Gasteiger partial charge >= 0.3 is 0 Å². The Labute approximate surface area is 127 Å². The van der Waals surface area contributed by atoms with Crippen molar-refractivity contribution >= 4 is 33.2 Å². The predicted octanol–water partition coefficient (Wildman–Crippen LogP) is 1.22. The molecule has 20 heavy (non-hydrogen) atoms. The lowest BCUT2D eigenvalue weighted by molar-refractivity contribution is 0.238. The molecule has 6 nitrogen and oxygen atoms in total. The summed E-state index contributed by atoms with van der Waals surface area (Å²) in [7, 11) is -3.20. The standard InChI is InChI=1S/C11H15Cl2N3O3S/c1-20(18,19)15-4-2-3-8(6-15)7-16-11(17)10(13)9(12)5-14-16/h5,8H,2-4,6-7H2,1H3. The highest BCUT2D eigenvalue weighted by Crippen LogP contribution is 2.20. The monoisotopic (exact) mass is 339 g/mol. The minimum atomic E-state index is -3.20. The van der Waals surface area contributed by atoms with Gasteiger partial charge in [-0.15, -0.1) is 0 Å². The molecule has 0 amide bonds. The minimum Gasteiger partial charge on any atom is -0.266 e.